The van der Waals surface area contributed by atoms with Gasteiger partial charge in [-0.05, 0) is 45.9 Å². The number of nitrogens with one attached hydrogen (secondary N) is 1. The van der Waals surface area contributed by atoms with Crippen LogP contribution in [0.3, 0.4) is 0 Å². The van der Waals surface area contributed by atoms with E-state index in [2.05, 4.69) is 16.5 Å². The zero-order valence-electron chi connectivity index (χ0n) is 18.9. The van der Waals surface area contributed by atoms with E-state index in [1.165, 1.54) is 25.3 Å². The average Bonchev–Trinajstić information content (AvgIpc) is 3.35. The number of nitro groups is 1. The normalized spacial score (nSPS) is 11.2. The molecule has 1 amide bonds. The zero-order valence-corrected chi connectivity index (χ0v) is 19.7. The van der Waals surface area contributed by atoms with Crippen LogP contribution in [-0.2, 0) is 0 Å². The molecule has 0 spiro atoms. The van der Waals surface area contributed by atoms with Gasteiger partial charge in [0.2, 0.25) is 0 Å². The van der Waals surface area contributed by atoms with Gasteiger partial charge in [-0.25, -0.2) is 9.67 Å². The summed E-state index contributed by atoms with van der Waals surface area (Å²) in [6.07, 6.45) is 1.62. The Morgan fingerprint density at radius 2 is 2.00 bits per heavy atom. The number of carbonyl (C=O) groups excluding carboxylic acids is 1. The number of benzene rings is 1. The Morgan fingerprint density at radius 3 is 2.61 bits per heavy atom. The average molecular weight is 466 g/mol. The minimum Gasteiger partial charge on any atom is -0.495 e. The number of nitro benzene ring substituents is 1. The molecular weight excluding hydrogens is 442 g/mol. The molecule has 1 aromatic carbocycles. The molecule has 33 heavy (non-hydrogen) atoms. The molecule has 4 aromatic rings. The van der Waals surface area contributed by atoms with Crippen LogP contribution in [-0.4, -0.2) is 32.7 Å². The van der Waals surface area contributed by atoms with Gasteiger partial charge >= 0.3 is 0 Å². The van der Waals surface area contributed by atoms with Gasteiger partial charge in [0.15, 0.2) is 5.65 Å². The van der Waals surface area contributed by atoms with Gasteiger partial charge in [-0.15, -0.1) is 11.3 Å². The zero-order chi connectivity index (χ0) is 23.9. The first kappa shape index (κ1) is 22.4. The summed E-state index contributed by atoms with van der Waals surface area (Å²) in [5.41, 5.74) is 2.66. The molecule has 0 saturated carbocycles. The van der Waals surface area contributed by atoms with E-state index < -0.39 is 10.8 Å². The maximum Gasteiger partial charge on any atom is 0.271 e. The van der Waals surface area contributed by atoms with Crippen molar-refractivity contribution in [1.82, 2.24) is 14.8 Å². The van der Waals surface area contributed by atoms with Crippen molar-refractivity contribution in [2.24, 2.45) is 0 Å². The predicted molar refractivity (Wildman–Crippen MR) is 128 cm³/mol. The van der Waals surface area contributed by atoms with Gasteiger partial charge in [-0.1, -0.05) is 0 Å². The highest BCUT2D eigenvalue weighted by Gasteiger charge is 2.21. The van der Waals surface area contributed by atoms with Crippen molar-refractivity contribution in [2.75, 3.05) is 12.4 Å². The summed E-state index contributed by atoms with van der Waals surface area (Å²) in [6.45, 7) is 8.04. The van der Waals surface area contributed by atoms with Crippen molar-refractivity contribution in [3.05, 3.63) is 62.0 Å². The third-order valence-corrected chi connectivity index (χ3v) is 6.23. The fourth-order valence-electron chi connectivity index (χ4n) is 3.70. The van der Waals surface area contributed by atoms with Crippen molar-refractivity contribution in [3.8, 4) is 17.0 Å². The number of ether oxygens (including phenoxy) is 1. The number of pyridine rings is 1. The minimum atomic E-state index is -0.522. The Labute approximate surface area is 194 Å². The second-order valence-electron chi connectivity index (χ2n) is 7.90. The van der Waals surface area contributed by atoms with Crippen LogP contribution in [0.5, 0.6) is 5.75 Å². The topological polar surface area (TPSA) is 112 Å². The van der Waals surface area contributed by atoms with Crippen molar-refractivity contribution in [2.45, 2.75) is 33.7 Å². The summed E-state index contributed by atoms with van der Waals surface area (Å²) in [6, 6.07) is 7.89. The van der Waals surface area contributed by atoms with E-state index in [4.69, 9.17) is 9.72 Å². The first-order chi connectivity index (χ1) is 15.7. The molecule has 0 aliphatic heterocycles. The van der Waals surface area contributed by atoms with E-state index in [0.29, 0.717) is 28.0 Å². The number of carbonyl (C=O) groups is 1. The van der Waals surface area contributed by atoms with E-state index in [1.807, 2.05) is 27.7 Å². The molecule has 10 heteroatoms. The van der Waals surface area contributed by atoms with Gasteiger partial charge in [-0.3, -0.25) is 14.9 Å². The number of hydrogen-bond acceptors (Lipinski definition) is 7. The third kappa shape index (κ3) is 4.17. The molecule has 0 saturated heterocycles. The molecule has 3 heterocycles. The molecule has 170 valence electrons. The molecule has 0 bridgehead atoms. The van der Waals surface area contributed by atoms with Crippen LogP contribution in [0.15, 0.2) is 36.5 Å². The molecule has 0 fully saturated rings. The fraction of sp³-hybridized carbons (Fsp3) is 0.261. The van der Waals surface area contributed by atoms with Crippen LogP contribution in [0.1, 0.15) is 40.0 Å². The lowest BCUT2D eigenvalue weighted by Gasteiger charge is -2.12. The molecule has 0 atom stereocenters. The SMILES string of the molecule is COc1ccc([N+](=O)[O-])cc1NC(=O)c1cc(-c2cc(C)sc2C)nc2c1cnn2C(C)C. The lowest BCUT2D eigenvalue weighted by Crippen LogP contribution is -2.14. The van der Waals surface area contributed by atoms with Crippen LogP contribution >= 0.6 is 11.3 Å². The Balaban J connectivity index is 1.86. The summed E-state index contributed by atoms with van der Waals surface area (Å²) in [5, 5.41) is 19.0. The van der Waals surface area contributed by atoms with Crippen molar-refractivity contribution >= 4 is 39.7 Å². The lowest BCUT2D eigenvalue weighted by atomic mass is 10.1. The standard InChI is InChI=1S/C23H23N5O4S/c1-12(2)27-22-18(11-24-27)17(10-19(25-22)16-8-13(3)33-14(16)4)23(29)26-20-9-15(28(30)31)6-7-21(20)32-5/h6-12H,1-5H3,(H,26,29). The summed E-state index contributed by atoms with van der Waals surface area (Å²) in [7, 11) is 1.44. The summed E-state index contributed by atoms with van der Waals surface area (Å²) in [5.74, 6) is -0.114. The second kappa shape index (κ2) is 8.62. The number of hydrogen-bond donors (Lipinski definition) is 1. The van der Waals surface area contributed by atoms with Gasteiger partial charge in [0.05, 0.1) is 40.6 Å². The Hall–Kier alpha value is -3.79. The first-order valence-electron chi connectivity index (χ1n) is 10.3. The Bertz CT molecular complexity index is 1390. The van der Waals surface area contributed by atoms with Gasteiger partial charge in [0.1, 0.15) is 5.75 Å². The summed E-state index contributed by atoms with van der Waals surface area (Å²) >= 11 is 1.66. The van der Waals surface area contributed by atoms with E-state index >= 15 is 0 Å². The number of non-ortho nitro benzene ring substituents is 1. The highest BCUT2D eigenvalue weighted by Crippen LogP contribution is 2.34. The van der Waals surface area contributed by atoms with E-state index in [0.717, 1.165) is 15.3 Å². The number of fused-ring (bicyclic) bond motifs is 1. The number of amides is 1. The van der Waals surface area contributed by atoms with Crippen LogP contribution in [0.2, 0.25) is 0 Å². The number of aryl methyl sites for hydroxylation is 2. The maximum absolute atomic E-state index is 13.4. The summed E-state index contributed by atoms with van der Waals surface area (Å²) < 4.78 is 7.06. The monoisotopic (exact) mass is 465 g/mol. The molecule has 0 radical (unpaired) electrons. The molecule has 1 N–H and O–H groups in total. The van der Waals surface area contributed by atoms with Crippen molar-refractivity contribution in [3.63, 3.8) is 0 Å². The fourth-order valence-corrected chi connectivity index (χ4v) is 4.64. The highest BCUT2D eigenvalue weighted by molar-refractivity contribution is 7.12. The molecule has 4 rings (SSSR count). The van der Waals surface area contributed by atoms with Gasteiger partial charge in [0, 0.05) is 33.5 Å². The number of thiophene rings is 1. The van der Waals surface area contributed by atoms with E-state index in [1.54, 1.807) is 28.3 Å². The quantitative estimate of drug-likeness (QED) is 0.296. The number of anilines is 1. The molecule has 0 aliphatic carbocycles. The van der Waals surface area contributed by atoms with Crippen LogP contribution < -0.4 is 10.1 Å². The maximum atomic E-state index is 13.4. The molecule has 0 aliphatic rings. The van der Waals surface area contributed by atoms with Gasteiger partial charge in [-0.2, -0.15) is 5.10 Å². The molecule has 9 nitrogen and oxygen atoms in total. The smallest absolute Gasteiger partial charge is 0.271 e. The Kier molecular flexibility index (Phi) is 5.86. The third-order valence-electron chi connectivity index (χ3n) is 5.26. The highest BCUT2D eigenvalue weighted by atomic mass is 32.1. The number of rotatable bonds is 6. The number of methoxy groups -OCH3 is 1. The van der Waals surface area contributed by atoms with Crippen molar-refractivity contribution < 1.29 is 14.5 Å². The van der Waals surface area contributed by atoms with Crippen molar-refractivity contribution in [1.29, 1.82) is 0 Å². The van der Waals surface area contributed by atoms with Crippen LogP contribution in [0.25, 0.3) is 22.3 Å². The van der Waals surface area contributed by atoms with E-state index in [9.17, 15) is 14.9 Å². The molecule has 3 aromatic heterocycles. The van der Waals surface area contributed by atoms with Gasteiger partial charge in [0.25, 0.3) is 11.6 Å². The Morgan fingerprint density at radius 1 is 1.24 bits per heavy atom. The molecule has 0 unspecified atom stereocenters. The van der Waals surface area contributed by atoms with Gasteiger partial charge < -0.3 is 10.1 Å². The van der Waals surface area contributed by atoms with Crippen LogP contribution in [0, 0.1) is 24.0 Å². The lowest BCUT2D eigenvalue weighted by molar-refractivity contribution is -0.384. The largest absolute Gasteiger partial charge is 0.495 e. The number of nitrogens with zero attached hydrogens (tertiary/aromatic N) is 4. The molecular formula is C23H23N5O4S. The first-order valence-corrected chi connectivity index (χ1v) is 11.1. The number of aromatic nitrogens is 3. The summed E-state index contributed by atoms with van der Waals surface area (Å²) in [4.78, 5) is 31.2. The van der Waals surface area contributed by atoms with Crippen LogP contribution in [0.4, 0.5) is 11.4 Å². The minimum absolute atomic E-state index is 0.0448. The predicted octanol–water partition coefficient (Wildman–Crippen LogP) is 5.53. The van der Waals surface area contributed by atoms with E-state index in [-0.39, 0.29) is 17.4 Å². The second-order valence-corrected chi connectivity index (χ2v) is 9.36.